The van der Waals surface area contributed by atoms with E-state index in [2.05, 4.69) is 27.2 Å². The van der Waals surface area contributed by atoms with Crippen LogP contribution < -0.4 is 0 Å². The number of amides is 1. The van der Waals surface area contributed by atoms with Crippen molar-refractivity contribution in [1.82, 2.24) is 19.9 Å². The van der Waals surface area contributed by atoms with Gasteiger partial charge in [0, 0.05) is 25.4 Å². The fraction of sp³-hybridized carbons (Fsp3) is 0.526. The quantitative estimate of drug-likeness (QED) is 0.856. The van der Waals surface area contributed by atoms with E-state index in [1.54, 1.807) is 13.0 Å². The Bertz CT molecular complexity index is 734. The van der Waals surface area contributed by atoms with Gasteiger partial charge < -0.3 is 9.42 Å². The number of hydrogen-bond acceptors (Lipinski definition) is 5. The minimum Gasteiger partial charge on any atom is -0.361 e. The van der Waals surface area contributed by atoms with Crippen molar-refractivity contribution in [3.05, 3.63) is 47.1 Å². The number of carbonyl (C=O) groups excluding carboxylic acids is 1. The molecule has 1 atom stereocenters. The third-order valence-corrected chi connectivity index (χ3v) is 5.15. The Kier molecular flexibility index (Phi) is 4.53. The first-order valence-corrected chi connectivity index (χ1v) is 9.12. The molecule has 1 amide bonds. The predicted molar refractivity (Wildman–Crippen MR) is 93.0 cm³/mol. The fourth-order valence-corrected chi connectivity index (χ4v) is 3.86. The molecule has 0 N–H and O–H groups in total. The largest absolute Gasteiger partial charge is 0.361 e. The third kappa shape index (κ3) is 3.44. The van der Waals surface area contributed by atoms with E-state index in [1.165, 1.54) is 31.5 Å². The maximum absolute atomic E-state index is 12.7. The summed E-state index contributed by atoms with van der Waals surface area (Å²) in [6.45, 7) is 5.88. The molecule has 4 heterocycles. The Morgan fingerprint density at radius 1 is 1.24 bits per heavy atom. The molecular formula is C19H24N4O2. The van der Waals surface area contributed by atoms with Crippen molar-refractivity contribution >= 4 is 5.91 Å². The third-order valence-electron chi connectivity index (χ3n) is 5.15. The summed E-state index contributed by atoms with van der Waals surface area (Å²) in [5.74, 6) is 0.589. The molecule has 6 heteroatoms. The van der Waals surface area contributed by atoms with E-state index in [0.717, 1.165) is 31.6 Å². The lowest BCUT2D eigenvalue weighted by molar-refractivity contribution is 0.0722. The van der Waals surface area contributed by atoms with Crippen LogP contribution in [-0.4, -0.2) is 45.5 Å². The monoisotopic (exact) mass is 340 g/mol. The molecule has 0 spiro atoms. The van der Waals surface area contributed by atoms with Gasteiger partial charge in [-0.05, 0) is 57.3 Å². The summed E-state index contributed by atoms with van der Waals surface area (Å²) in [5.41, 5.74) is 2.60. The second-order valence-electron chi connectivity index (χ2n) is 7.05. The summed E-state index contributed by atoms with van der Waals surface area (Å²) in [6.07, 6.45) is 6.50. The average molecular weight is 340 g/mol. The standard InChI is InChI=1S/C19H24N4O2/c1-14-11-17(21-25-14)19(24)23-10-4-5-18(23)16-7-6-15(12-20-16)13-22-8-2-3-9-22/h6-7,11-12,18H,2-5,8-10,13H2,1H3/t18-/m0/s1. The first-order chi connectivity index (χ1) is 12.2. The zero-order valence-corrected chi connectivity index (χ0v) is 14.6. The zero-order chi connectivity index (χ0) is 17.2. The van der Waals surface area contributed by atoms with Gasteiger partial charge in [-0.3, -0.25) is 14.7 Å². The molecule has 4 rings (SSSR count). The van der Waals surface area contributed by atoms with Gasteiger partial charge in [-0.15, -0.1) is 0 Å². The van der Waals surface area contributed by atoms with Crippen LogP contribution in [0, 0.1) is 6.92 Å². The number of pyridine rings is 1. The predicted octanol–water partition coefficient (Wildman–Crippen LogP) is 2.95. The zero-order valence-electron chi connectivity index (χ0n) is 14.6. The van der Waals surface area contributed by atoms with Gasteiger partial charge in [-0.25, -0.2) is 0 Å². The molecule has 25 heavy (non-hydrogen) atoms. The first kappa shape index (κ1) is 16.3. The van der Waals surface area contributed by atoms with Crippen molar-refractivity contribution in [2.45, 2.75) is 45.2 Å². The topological polar surface area (TPSA) is 62.5 Å². The molecule has 0 saturated carbocycles. The molecule has 2 aromatic heterocycles. The van der Waals surface area contributed by atoms with Crippen molar-refractivity contribution in [1.29, 1.82) is 0 Å². The van der Waals surface area contributed by atoms with E-state index in [4.69, 9.17) is 4.52 Å². The molecule has 2 aromatic rings. The highest BCUT2D eigenvalue weighted by atomic mass is 16.5. The lowest BCUT2D eigenvalue weighted by Crippen LogP contribution is -2.31. The van der Waals surface area contributed by atoms with Crippen LogP contribution in [0.25, 0.3) is 0 Å². The van der Waals surface area contributed by atoms with E-state index >= 15 is 0 Å². The second kappa shape index (κ2) is 6.96. The van der Waals surface area contributed by atoms with E-state index in [-0.39, 0.29) is 11.9 Å². The van der Waals surface area contributed by atoms with Crippen LogP contribution in [0.5, 0.6) is 0 Å². The molecule has 0 bridgehead atoms. The molecule has 0 aliphatic carbocycles. The molecule has 0 unspecified atom stereocenters. The van der Waals surface area contributed by atoms with Gasteiger partial charge in [-0.2, -0.15) is 0 Å². The van der Waals surface area contributed by atoms with Crippen molar-refractivity contribution in [3.8, 4) is 0 Å². The van der Waals surface area contributed by atoms with Crippen LogP contribution in [0.1, 0.15) is 59.2 Å². The molecule has 132 valence electrons. The smallest absolute Gasteiger partial charge is 0.276 e. The van der Waals surface area contributed by atoms with Crippen LogP contribution in [-0.2, 0) is 6.54 Å². The van der Waals surface area contributed by atoms with Gasteiger partial charge in [0.15, 0.2) is 5.69 Å². The number of likely N-dealkylation sites (tertiary alicyclic amines) is 2. The summed E-state index contributed by atoms with van der Waals surface area (Å²) in [6, 6.07) is 5.97. The number of hydrogen-bond donors (Lipinski definition) is 0. The van der Waals surface area contributed by atoms with E-state index in [9.17, 15) is 4.79 Å². The number of aryl methyl sites for hydroxylation is 1. The van der Waals surface area contributed by atoms with Crippen molar-refractivity contribution in [2.24, 2.45) is 0 Å². The number of nitrogens with zero attached hydrogens (tertiary/aromatic N) is 4. The Morgan fingerprint density at radius 2 is 2.08 bits per heavy atom. The Balaban J connectivity index is 1.47. The van der Waals surface area contributed by atoms with Crippen molar-refractivity contribution in [2.75, 3.05) is 19.6 Å². The van der Waals surface area contributed by atoms with Crippen LogP contribution >= 0.6 is 0 Å². The van der Waals surface area contributed by atoms with Gasteiger partial charge >= 0.3 is 0 Å². The summed E-state index contributed by atoms with van der Waals surface area (Å²) < 4.78 is 5.05. The van der Waals surface area contributed by atoms with Gasteiger partial charge in [0.05, 0.1) is 11.7 Å². The highest BCUT2D eigenvalue weighted by Gasteiger charge is 2.32. The normalized spacial score (nSPS) is 21.2. The summed E-state index contributed by atoms with van der Waals surface area (Å²) in [4.78, 5) is 21.7. The maximum atomic E-state index is 12.7. The molecule has 0 aromatic carbocycles. The van der Waals surface area contributed by atoms with Gasteiger partial charge in [0.25, 0.3) is 5.91 Å². The molecule has 2 saturated heterocycles. The van der Waals surface area contributed by atoms with Gasteiger partial charge in [0.2, 0.25) is 0 Å². The minimum absolute atomic E-state index is 0.0327. The first-order valence-electron chi connectivity index (χ1n) is 9.12. The lowest BCUT2D eigenvalue weighted by atomic mass is 10.1. The molecule has 2 aliphatic rings. The van der Waals surface area contributed by atoms with Crippen molar-refractivity contribution < 1.29 is 9.32 Å². The highest BCUT2D eigenvalue weighted by Crippen LogP contribution is 2.32. The lowest BCUT2D eigenvalue weighted by Gasteiger charge is -2.23. The van der Waals surface area contributed by atoms with Gasteiger partial charge in [0.1, 0.15) is 5.76 Å². The maximum Gasteiger partial charge on any atom is 0.276 e. The van der Waals surface area contributed by atoms with Crippen molar-refractivity contribution in [3.63, 3.8) is 0 Å². The Hall–Kier alpha value is -2.21. The summed E-state index contributed by atoms with van der Waals surface area (Å²) in [5, 5.41) is 3.87. The summed E-state index contributed by atoms with van der Waals surface area (Å²) >= 11 is 0. The Morgan fingerprint density at radius 3 is 2.76 bits per heavy atom. The van der Waals surface area contributed by atoms with E-state index in [0.29, 0.717) is 11.5 Å². The minimum atomic E-state index is -0.0673. The van der Waals surface area contributed by atoms with Crippen LogP contribution in [0.2, 0.25) is 0 Å². The number of rotatable bonds is 4. The molecule has 6 nitrogen and oxygen atoms in total. The molecule has 2 aliphatic heterocycles. The fourth-order valence-electron chi connectivity index (χ4n) is 3.86. The molecule has 2 fully saturated rings. The van der Waals surface area contributed by atoms with Gasteiger partial charge in [-0.1, -0.05) is 11.2 Å². The van der Waals surface area contributed by atoms with Crippen LogP contribution in [0.4, 0.5) is 0 Å². The highest BCUT2D eigenvalue weighted by molar-refractivity contribution is 5.92. The average Bonchev–Trinajstić information content (AvgIpc) is 3.36. The second-order valence-corrected chi connectivity index (χ2v) is 7.05. The summed E-state index contributed by atoms with van der Waals surface area (Å²) in [7, 11) is 0. The van der Waals surface area contributed by atoms with E-state index in [1.807, 2.05) is 11.1 Å². The van der Waals surface area contributed by atoms with E-state index < -0.39 is 0 Å². The number of carbonyl (C=O) groups is 1. The van der Waals surface area contributed by atoms with Crippen LogP contribution in [0.3, 0.4) is 0 Å². The number of aromatic nitrogens is 2. The Labute approximate surface area is 147 Å². The molecular weight excluding hydrogens is 316 g/mol. The molecule has 0 radical (unpaired) electrons. The SMILES string of the molecule is Cc1cc(C(=O)N2CCC[C@H]2c2ccc(CN3CCCC3)cn2)no1. The van der Waals surface area contributed by atoms with Crippen LogP contribution in [0.15, 0.2) is 28.9 Å².